The maximum Gasteiger partial charge on any atom is 0.287 e. The molecule has 0 radical (unpaired) electrons. The number of hydrogen-bond donors (Lipinski definition) is 2. The second-order valence-electron chi connectivity index (χ2n) is 8.35. The molecule has 1 atom stereocenters. The number of anilines is 1. The first-order valence-electron chi connectivity index (χ1n) is 11.4. The van der Waals surface area contributed by atoms with Crippen LogP contribution in [0.4, 0.5) is 14.5 Å². The van der Waals surface area contributed by atoms with E-state index < -0.39 is 41.9 Å². The van der Waals surface area contributed by atoms with E-state index in [1.807, 2.05) is 0 Å². The highest BCUT2D eigenvalue weighted by Gasteiger charge is 2.34. The Labute approximate surface area is 201 Å². The zero-order valence-corrected chi connectivity index (χ0v) is 18.9. The first-order valence-corrected chi connectivity index (χ1v) is 11.4. The summed E-state index contributed by atoms with van der Waals surface area (Å²) >= 11 is 0. The van der Waals surface area contributed by atoms with Crippen LogP contribution in [0.25, 0.3) is 0 Å². The van der Waals surface area contributed by atoms with E-state index in [9.17, 15) is 23.2 Å². The minimum atomic E-state index is -1.22. The molecule has 7 nitrogen and oxygen atoms in total. The molecule has 1 saturated carbocycles. The zero-order valence-electron chi connectivity index (χ0n) is 18.9. The molecular weight excluding hydrogens is 456 g/mol. The van der Waals surface area contributed by atoms with E-state index in [0.29, 0.717) is 5.56 Å². The molecule has 1 aliphatic carbocycles. The lowest BCUT2D eigenvalue weighted by Crippen LogP contribution is -2.49. The Morgan fingerprint density at radius 2 is 1.71 bits per heavy atom. The Balaban J connectivity index is 1.68. The van der Waals surface area contributed by atoms with Crippen molar-refractivity contribution in [2.75, 3.05) is 11.4 Å². The highest BCUT2D eigenvalue weighted by atomic mass is 19.1. The van der Waals surface area contributed by atoms with Gasteiger partial charge in [0, 0.05) is 11.7 Å². The number of furan rings is 1. The average Bonchev–Trinajstić information content (AvgIpc) is 3.56. The van der Waals surface area contributed by atoms with Gasteiger partial charge in [-0.1, -0.05) is 31.0 Å². The standard InChI is InChI=1S/C26H25F2N3O4/c27-18-12-10-17(11-13-18)24(26(34)30-20-6-1-2-7-20)31(21-8-3-5-19(28)15-21)23(32)16-29-25(33)22-9-4-14-35-22/h3-5,8-15,20,24H,1-2,6-7,16H2,(H,29,33)(H,30,34)/t24-/m0/s1. The molecule has 2 aromatic carbocycles. The summed E-state index contributed by atoms with van der Waals surface area (Å²) in [7, 11) is 0. The quantitative estimate of drug-likeness (QED) is 0.506. The predicted octanol–water partition coefficient (Wildman–Crippen LogP) is 4.12. The van der Waals surface area contributed by atoms with Crippen LogP contribution in [0.2, 0.25) is 0 Å². The van der Waals surface area contributed by atoms with Crippen molar-refractivity contribution in [1.82, 2.24) is 10.6 Å². The molecule has 182 valence electrons. The van der Waals surface area contributed by atoms with Gasteiger partial charge >= 0.3 is 0 Å². The second-order valence-corrected chi connectivity index (χ2v) is 8.35. The Morgan fingerprint density at radius 3 is 2.37 bits per heavy atom. The Hall–Kier alpha value is -4.01. The van der Waals surface area contributed by atoms with Crippen molar-refractivity contribution in [1.29, 1.82) is 0 Å². The third-order valence-corrected chi connectivity index (χ3v) is 5.89. The lowest BCUT2D eigenvalue weighted by Gasteiger charge is -2.32. The van der Waals surface area contributed by atoms with Gasteiger partial charge in [-0.2, -0.15) is 0 Å². The number of hydrogen-bond acceptors (Lipinski definition) is 4. The van der Waals surface area contributed by atoms with Gasteiger partial charge in [-0.15, -0.1) is 0 Å². The fourth-order valence-corrected chi connectivity index (χ4v) is 4.21. The van der Waals surface area contributed by atoms with Crippen LogP contribution in [0.1, 0.15) is 47.8 Å². The van der Waals surface area contributed by atoms with Crippen LogP contribution in [-0.4, -0.2) is 30.3 Å². The SMILES string of the molecule is O=C(NCC(=O)N(c1cccc(F)c1)[C@H](C(=O)NC1CCCC1)c1ccc(F)cc1)c1ccco1. The number of nitrogens with one attached hydrogen (secondary N) is 2. The maximum atomic E-state index is 14.2. The Bertz CT molecular complexity index is 1180. The van der Waals surface area contributed by atoms with Gasteiger partial charge in [-0.05, 0) is 60.9 Å². The van der Waals surface area contributed by atoms with E-state index in [1.54, 1.807) is 0 Å². The largest absolute Gasteiger partial charge is 0.459 e. The van der Waals surface area contributed by atoms with Gasteiger partial charge in [0.25, 0.3) is 5.91 Å². The normalized spacial score (nSPS) is 14.3. The van der Waals surface area contributed by atoms with E-state index in [1.165, 1.54) is 60.9 Å². The molecule has 1 fully saturated rings. The third-order valence-electron chi connectivity index (χ3n) is 5.89. The van der Waals surface area contributed by atoms with Crippen LogP contribution in [0.15, 0.2) is 71.3 Å². The van der Waals surface area contributed by atoms with Gasteiger partial charge in [-0.25, -0.2) is 8.78 Å². The molecular formula is C26H25F2N3O4. The molecule has 1 aromatic heterocycles. The molecule has 0 aliphatic heterocycles. The van der Waals surface area contributed by atoms with E-state index in [4.69, 9.17) is 4.42 Å². The van der Waals surface area contributed by atoms with Crippen molar-refractivity contribution in [3.8, 4) is 0 Å². The molecule has 3 aromatic rings. The van der Waals surface area contributed by atoms with E-state index in [2.05, 4.69) is 10.6 Å². The van der Waals surface area contributed by atoms with Crippen LogP contribution in [0, 0.1) is 11.6 Å². The van der Waals surface area contributed by atoms with Crippen LogP contribution in [0.3, 0.4) is 0 Å². The van der Waals surface area contributed by atoms with Crippen LogP contribution < -0.4 is 15.5 Å². The van der Waals surface area contributed by atoms with E-state index >= 15 is 0 Å². The van der Waals surface area contributed by atoms with Gasteiger partial charge in [0.2, 0.25) is 11.8 Å². The molecule has 35 heavy (non-hydrogen) atoms. The summed E-state index contributed by atoms with van der Waals surface area (Å²) in [6, 6.07) is 12.2. The predicted molar refractivity (Wildman–Crippen MR) is 124 cm³/mol. The molecule has 2 N–H and O–H groups in total. The molecule has 3 amide bonds. The summed E-state index contributed by atoms with van der Waals surface area (Å²) in [5.41, 5.74) is 0.468. The molecule has 1 aliphatic rings. The highest BCUT2D eigenvalue weighted by molar-refractivity contribution is 6.04. The van der Waals surface area contributed by atoms with Gasteiger partial charge in [-0.3, -0.25) is 19.3 Å². The summed E-state index contributed by atoms with van der Waals surface area (Å²) < 4.78 is 32.9. The van der Waals surface area contributed by atoms with Crippen molar-refractivity contribution < 1.29 is 27.6 Å². The first-order chi connectivity index (χ1) is 16.9. The minimum absolute atomic E-state index is 0.0177. The van der Waals surface area contributed by atoms with Crippen LogP contribution in [-0.2, 0) is 9.59 Å². The topological polar surface area (TPSA) is 91.7 Å². The molecule has 1 heterocycles. The van der Waals surface area contributed by atoms with Gasteiger partial charge in [0.05, 0.1) is 12.8 Å². The molecule has 0 unspecified atom stereocenters. The lowest BCUT2D eigenvalue weighted by molar-refractivity contribution is -0.126. The Kier molecular flexibility index (Phi) is 7.54. The summed E-state index contributed by atoms with van der Waals surface area (Å²) in [6.07, 6.45) is 4.92. The third kappa shape index (κ3) is 5.92. The number of benzene rings is 2. The monoisotopic (exact) mass is 481 g/mol. The van der Waals surface area contributed by atoms with Crippen LogP contribution in [0.5, 0.6) is 0 Å². The maximum absolute atomic E-state index is 14.2. The van der Waals surface area contributed by atoms with Gasteiger partial charge in [0.15, 0.2) is 5.76 Å². The van der Waals surface area contributed by atoms with Crippen molar-refractivity contribution in [2.24, 2.45) is 0 Å². The van der Waals surface area contributed by atoms with Gasteiger partial charge in [0.1, 0.15) is 17.7 Å². The summed E-state index contributed by atoms with van der Waals surface area (Å²) in [6.45, 7) is -0.482. The summed E-state index contributed by atoms with van der Waals surface area (Å²) in [4.78, 5) is 40.4. The average molecular weight is 481 g/mol. The van der Waals surface area contributed by atoms with Crippen molar-refractivity contribution in [2.45, 2.75) is 37.8 Å². The number of rotatable bonds is 8. The Morgan fingerprint density at radius 1 is 0.971 bits per heavy atom. The molecule has 0 saturated heterocycles. The fourth-order valence-electron chi connectivity index (χ4n) is 4.21. The number of carbonyl (C=O) groups is 3. The minimum Gasteiger partial charge on any atom is -0.459 e. The molecule has 0 spiro atoms. The number of carbonyl (C=O) groups excluding carboxylic acids is 3. The van der Waals surface area contributed by atoms with Crippen LogP contribution >= 0.6 is 0 Å². The number of halogens is 2. The second kappa shape index (κ2) is 10.9. The van der Waals surface area contributed by atoms with E-state index in [-0.39, 0.29) is 17.5 Å². The van der Waals surface area contributed by atoms with Crippen molar-refractivity contribution in [3.05, 3.63) is 89.9 Å². The molecule has 0 bridgehead atoms. The first kappa shape index (κ1) is 24.1. The zero-order chi connectivity index (χ0) is 24.8. The fraction of sp³-hybridized carbons (Fsp3) is 0.269. The molecule has 4 rings (SSSR count). The smallest absolute Gasteiger partial charge is 0.287 e. The van der Waals surface area contributed by atoms with Gasteiger partial charge < -0.3 is 15.1 Å². The summed E-state index contributed by atoms with van der Waals surface area (Å²) in [5, 5.41) is 5.44. The highest BCUT2D eigenvalue weighted by Crippen LogP contribution is 2.30. The van der Waals surface area contributed by atoms with Crippen molar-refractivity contribution >= 4 is 23.4 Å². The molecule has 9 heteroatoms. The lowest BCUT2D eigenvalue weighted by atomic mass is 10.0. The van der Waals surface area contributed by atoms with E-state index in [0.717, 1.165) is 36.6 Å². The number of amides is 3. The van der Waals surface area contributed by atoms with Crippen molar-refractivity contribution in [3.63, 3.8) is 0 Å². The summed E-state index contributed by atoms with van der Waals surface area (Å²) in [5.74, 6) is -2.84. The number of nitrogens with zero attached hydrogens (tertiary/aromatic N) is 1.